The molecule has 30 heavy (non-hydrogen) atoms. The number of halogens is 1. The molecule has 3 N–H and O–H groups in total. The number of hydrogen-bond donors (Lipinski definition) is 2. The summed E-state index contributed by atoms with van der Waals surface area (Å²) in [5.74, 6) is -0.916. The molecule has 2 atom stereocenters. The number of nitrogens with one attached hydrogen (secondary N) is 1. The Hall–Kier alpha value is -2.45. The number of rotatable bonds is 3. The number of primary amides is 1. The van der Waals surface area contributed by atoms with E-state index in [9.17, 15) is 9.59 Å². The van der Waals surface area contributed by atoms with Crippen molar-refractivity contribution >= 4 is 44.1 Å². The smallest absolute Gasteiger partial charge is 0.259 e. The molecule has 0 bridgehead atoms. The first-order valence-corrected chi connectivity index (χ1v) is 11.2. The molecular formula is C22H25FN4O2S. The van der Waals surface area contributed by atoms with E-state index in [0.717, 1.165) is 23.2 Å². The molecular weight excluding hydrogens is 403 g/mol. The molecule has 2 unspecified atom stereocenters. The summed E-state index contributed by atoms with van der Waals surface area (Å²) in [6, 6.07) is 3.95. The van der Waals surface area contributed by atoms with Crippen molar-refractivity contribution in [3.05, 3.63) is 38.6 Å². The molecule has 6 nitrogen and oxygen atoms in total. The van der Waals surface area contributed by atoms with E-state index >= 15 is 4.39 Å². The Morgan fingerprint density at radius 3 is 2.50 bits per heavy atom. The summed E-state index contributed by atoms with van der Waals surface area (Å²) in [4.78, 5) is 28.5. The van der Waals surface area contributed by atoms with Gasteiger partial charge in [-0.3, -0.25) is 9.59 Å². The van der Waals surface area contributed by atoms with Crippen LogP contribution in [0.3, 0.4) is 0 Å². The first kappa shape index (κ1) is 19.5. The number of nitrogens with zero attached hydrogens (tertiary/aromatic N) is 2. The lowest BCUT2D eigenvalue weighted by molar-refractivity contribution is 0.100. The number of thiophene rings is 1. The normalized spacial score (nSPS) is 22.2. The SMILES string of the molecule is Cc1c(C(N)=O)sc2c1c(=O)c1cc(F)c(N3CC(C)NC(C)C3)cc1n2C1CC1. The number of piperazine rings is 1. The number of benzene rings is 1. The van der Waals surface area contributed by atoms with Gasteiger partial charge < -0.3 is 20.5 Å². The fourth-order valence-electron chi connectivity index (χ4n) is 4.81. The van der Waals surface area contributed by atoms with Gasteiger partial charge in [0, 0.05) is 36.6 Å². The van der Waals surface area contributed by atoms with Crippen molar-refractivity contribution in [3.63, 3.8) is 0 Å². The summed E-state index contributed by atoms with van der Waals surface area (Å²) in [6.07, 6.45) is 2.01. The largest absolute Gasteiger partial charge is 0.366 e. The van der Waals surface area contributed by atoms with Gasteiger partial charge in [-0.15, -0.1) is 11.3 Å². The maximum absolute atomic E-state index is 15.2. The molecule has 3 aromatic rings. The lowest BCUT2D eigenvalue weighted by Crippen LogP contribution is -2.54. The van der Waals surface area contributed by atoms with Gasteiger partial charge in [-0.1, -0.05) is 0 Å². The molecule has 5 rings (SSSR count). The van der Waals surface area contributed by atoms with Crippen LogP contribution in [0.4, 0.5) is 10.1 Å². The fourth-order valence-corrected chi connectivity index (χ4v) is 6.05. The Bertz CT molecular complexity index is 1250. The molecule has 2 aliphatic rings. The Kier molecular flexibility index (Phi) is 4.41. The van der Waals surface area contributed by atoms with Crippen molar-refractivity contribution in [2.45, 2.75) is 51.7 Å². The second kappa shape index (κ2) is 6.78. The number of fused-ring (bicyclic) bond motifs is 2. The number of hydrogen-bond acceptors (Lipinski definition) is 5. The maximum Gasteiger partial charge on any atom is 0.259 e. The van der Waals surface area contributed by atoms with Gasteiger partial charge >= 0.3 is 0 Å². The van der Waals surface area contributed by atoms with Gasteiger partial charge in [0.2, 0.25) is 0 Å². The highest BCUT2D eigenvalue weighted by molar-refractivity contribution is 7.20. The van der Waals surface area contributed by atoms with Gasteiger partial charge in [-0.2, -0.15) is 0 Å². The lowest BCUT2D eigenvalue weighted by atomic mass is 10.1. The minimum absolute atomic E-state index is 0.231. The maximum atomic E-state index is 15.2. The van der Waals surface area contributed by atoms with Crippen molar-refractivity contribution in [1.82, 2.24) is 9.88 Å². The summed E-state index contributed by atoms with van der Waals surface area (Å²) < 4.78 is 17.4. The summed E-state index contributed by atoms with van der Waals surface area (Å²) in [5, 5.41) is 4.32. The number of nitrogens with two attached hydrogens (primary N) is 1. The van der Waals surface area contributed by atoms with E-state index < -0.39 is 5.91 Å². The van der Waals surface area contributed by atoms with Crippen LogP contribution in [0.15, 0.2) is 16.9 Å². The predicted molar refractivity (Wildman–Crippen MR) is 119 cm³/mol. The molecule has 158 valence electrons. The van der Waals surface area contributed by atoms with Crippen LogP contribution in [0.5, 0.6) is 0 Å². The van der Waals surface area contributed by atoms with E-state index in [1.165, 1.54) is 17.4 Å². The van der Waals surface area contributed by atoms with Crippen molar-refractivity contribution in [2.75, 3.05) is 18.0 Å². The number of carbonyl (C=O) groups excluding carboxylic acids is 1. The standard InChI is InChI=1S/C22H25FN4O2S/c1-10-8-26(9-11(2)25-10)17-7-16-14(6-15(17)23)19(28)18-12(3)20(21(24)29)30-22(18)27(16)13-4-5-13/h6-7,10-11,13,25H,4-5,8-9H2,1-3H3,(H2,24,29). The van der Waals surface area contributed by atoms with Crippen LogP contribution in [-0.4, -0.2) is 35.6 Å². The van der Waals surface area contributed by atoms with Crippen molar-refractivity contribution in [3.8, 4) is 0 Å². The van der Waals surface area contributed by atoms with Gasteiger partial charge in [-0.05, 0) is 51.3 Å². The number of pyridine rings is 1. The molecule has 2 fully saturated rings. The molecule has 3 heterocycles. The summed E-state index contributed by atoms with van der Waals surface area (Å²) >= 11 is 1.27. The van der Waals surface area contributed by atoms with Crippen LogP contribution < -0.4 is 21.4 Å². The lowest BCUT2D eigenvalue weighted by Gasteiger charge is -2.38. The molecule has 1 saturated heterocycles. The van der Waals surface area contributed by atoms with E-state index in [1.807, 2.05) is 6.07 Å². The van der Waals surface area contributed by atoms with E-state index in [1.54, 1.807) is 6.92 Å². The summed E-state index contributed by atoms with van der Waals surface area (Å²) in [5.41, 5.74) is 7.19. The third-order valence-corrected chi connectivity index (χ3v) is 7.48. The molecule has 1 saturated carbocycles. The third kappa shape index (κ3) is 2.93. The number of amides is 1. The minimum Gasteiger partial charge on any atom is -0.366 e. The predicted octanol–water partition coefficient (Wildman–Crippen LogP) is 3.28. The molecule has 1 aromatic carbocycles. The Labute approximate surface area is 177 Å². The topological polar surface area (TPSA) is 80.4 Å². The molecule has 0 radical (unpaired) electrons. The van der Waals surface area contributed by atoms with Crippen LogP contribution >= 0.6 is 11.3 Å². The highest BCUT2D eigenvalue weighted by atomic mass is 32.1. The van der Waals surface area contributed by atoms with Crippen molar-refractivity contribution in [1.29, 1.82) is 0 Å². The zero-order chi connectivity index (χ0) is 21.3. The van der Waals surface area contributed by atoms with Crippen LogP contribution in [-0.2, 0) is 0 Å². The Morgan fingerprint density at radius 1 is 1.23 bits per heavy atom. The second-order valence-electron chi connectivity index (χ2n) is 8.73. The number of aryl methyl sites for hydroxylation is 1. The average molecular weight is 429 g/mol. The van der Waals surface area contributed by atoms with Crippen LogP contribution in [0.2, 0.25) is 0 Å². The molecule has 1 aliphatic heterocycles. The third-order valence-electron chi connectivity index (χ3n) is 6.18. The van der Waals surface area contributed by atoms with E-state index in [2.05, 4.69) is 28.6 Å². The minimum atomic E-state index is -0.532. The van der Waals surface area contributed by atoms with Crippen molar-refractivity contribution in [2.24, 2.45) is 5.73 Å². The molecule has 2 aromatic heterocycles. The second-order valence-corrected chi connectivity index (χ2v) is 9.72. The average Bonchev–Trinajstić information content (AvgIpc) is 3.43. The first-order chi connectivity index (χ1) is 14.3. The zero-order valence-electron chi connectivity index (χ0n) is 17.3. The van der Waals surface area contributed by atoms with E-state index in [-0.39, 0.29) is 29.4 Å². The molecule has 1 amide bonds. The fraction of sp³-hybridized carbons (Fsp3) is 0.455. The summed E-state index contributed by atoms with van der Waals surface area (Å²) in [7, 11) is 0. The monoisotopic (exact) mass is 428 g/mol. The van der Waals surface area contributed by atoms with Gasteiger partial charge in [0.05, 0.1) is 21.5 Å². The highest BCUT2D eigenvalue weighted by Gasteiger charge is 2.31. The van der Waals surface area contributed by atoms with Crippen LogP contribution in [0.25, 0.3) is 21.1 Å². The molecule has 0 spiro atoms. The van der Waals surface area contributed by atoms with Gasteiger partial charge in [0.1, 0.15) is 10.6 Å². The first-order valence-electron chi connectivity index (χ1n) is 10.4. The Morgan fingerprint density at radius 2 is 1.90 bits per heavy atom. The number of carbonyl (C=O) groups is 1. The number of anilines is 1. The van der Waals surface area contributed by atoms with Crippen LogP contribution in [0, 0.1) is 12.7 Å². The van der Waals surface area contributed by atoms with Gasteiger partial charge in [0.15, 0.2) is 5.43 Å². The zero-order valence-corrected chi connectivity index (χ0v) is 18.1. The van der Waals surface area contributed by atoms with E-state index in [4.69, 9.17) is 5.73 Å². The van der Waals surface area contributed by atoms with Gasteiger partial charge in [-0.25, -0.2) is 4.39 Å². The van der Waals surface area contributed by atoms with Crippen LogP contribution in [0.1, 0.15) is 48.0 Å². The molecule has 1 aliphatic carbocycles. The quantitative estimate of drug-likeness (QED) is 0.671. The Balaban J connectivity index is 1.81. The highest BCUT2D eigenvalue weighted by Crippen LogP contribution is 2.43. The molecule has 8 heteroatoms. The number of aromatic nitrogens is 1. The van der Waals surface area contributed by atoms with Crippen molar-refractivity contribution < 1.29 is 9.18 Å². The summed E-state index contributed by atoms with van der Waals surface area (Å²) in [6.45, 7) is 7.33. The van der Waals surface area contributed by atoms with Gasteiger partial charge in [0.25, 0.3) is 5.91 Å². The van der Waals surface area contributed by atoms with E-state index in [0.29, 0.717) is 40.0 Å².